The molecule has 10 heteroatoms. The third-order valence-corrected chi connectivity index (χ3v) is 6.01. The van der Waals surface area contributed by atoms with Crippen molar-refractivity contribution in [3.63, 3.8) is 0 Å². The van der Waals surface area contributed by atoms with E-state index in [9.17, 15) is 5.11 Å². The number of imidazole rings is 1. The molecular weight excluding hydrogens is 454 g/mol. The van der Waals surface area contributed by atoms with Crippen LogP contribution in [0.25, 0.3) is 56.0 Å². The van der Waals surface area contributed by atoms with Crippen molar-refractivity contribution < 1.29 is 5.11 Å². The molecule has 1 unspecified atom stereocenters. The first-order valence-electron chi connectivity index (χ1n) is 11.6. The lowest BCUT2D eigenvalue weighted by atomic mass is 10.1. The Morgan fingerprint density at radius 2 is 1.69 bits per heavy atom. The van der Waals surface area contributed by atoms with E-state index in [1.54, 1.807) is 37.2 Å². The van der Waals surface area contributed by atoms with Gasteiger partial charge < -0.3 is 15.4 Å². The van der Waals surface area contributed by atoms with Crippen LogP contribution < -0.4 is 5.32 Å². The van der Waals surface area contributed by atoms with E-state index in [2.05, 4.69) is 40.4 Å². The highest BCUT2D eigenvalue weighted by atomic mass is 16.3. The predicted octanol–water partition coefficient (Wildman–Crippen LogP) is 4.41. The van der Waals surface area contributed by atoms with E-state index in [-0.39, 0.29) is 5.92 Å². The first-order chi connectivity index (χ1) is 17.6. The molecule has 6 rings (SSSR count). The molecular formula is C26H23N9O. The summed E-state index contributed by atoms with van der Waals surface area (Å²) in [6.45, 7) is 3.89. The lowest BCUT2D eigenvalue weighted by Gasteiger charge is -2.17. The molecule has 0 bridgehead atoms. The summed E-state index contributed by atoms with van der Waals surface area (Å²) in [6, 6.07) is 9.66. The molecule has 178 valence electrons. The number of hydrogen-bond donors (Lipinski definition) is 4. The zero-order chi connectivity index (χ0) is 24.6. The number of nitrogens with one attached hydrogen (secondary N) is 3. The van der Waals surface area contributed by atoms with Crippen LogP contribution in [-0.2, 0) is 0 Å². The fraction of sp³-hybridized carbons (Fsp3) is 0.154. The van der Waals surface area contributed by atoms with Crippen LogP contribution in [0.4, 0.5) is 5.69 Å². The summed E-state index contributed by atoms with van der Waals surface area (Å²) in [6.07, 6.45) is 9.79. The average Bonchev–Trinajstić information content (AvgIpc) is 3.53. The molecule has 36 heavy (non-hydrogen) atoms. The molecule has 0 aliphatic heterocycles. The lowest BCUT2D eigenvalue weighted by Crippen LogP contribution is -2.24. The van der Waals surface area contributed by atoms with Crippen LogP contribution in [0.15, 0.2) is 67.5 Å². The number of aliphatic hydroxyl groups excluding tert-OH is 1. The van der Waals surface area contributed by atoms with Gasteiger partial charge in [-0.25, -0.2) is 9.97 Å². The van der Waals surface area contributed by atoms with Crippen molar-refractivity contribution in [1.82, 2.24) is 40.1 Å². The van der Waals surface area contributed by atoms with Gasteiger partial charge in [0, 0.05) is 47.7 Å². The van der Waals surface area contributed by atoms with Crippen molar-refractivity contribution in [3.8, 4) is 33.9 Å². The van der Waals surface area contributed by atoms with Gasteiger partial charge in [-0.3, -0.25) is 20.1 Å². The minimum atomic E-state index is -0.664. The summed E-state index contributed by atoms with van der Waals surface area (Å²) >= 11 is 0. The molecule has 0 aromatic carbocycles. The van der Waals surface area contributed by atoms with E-state index >= 15 is 0 Å². The van der Waals surface area contributed by atoms with Gasteiger partial charge in [0.25, 0.3) is 0 Å². The minimum Gasteiger partial charge on any atom is -0.374 e. The van der Waals surface area contributed by atoms with Gasteiger partial charge in [-0.1, -0.05) is 13.8 Å². The smallest absolute Gasteiger partial charge is 0.159 e. The molecule has 10 nitrogen and oxygen atoms in total. The second-order valence-electron chi connectivity index (χ2n) is 8.86. The van der Waals surface area contributed by atoms with Crippen LogP contribution in [0.3, 0.4) is 0 Å². The second kappa shape index (κ2) is 8.82. The van der Waals surface area contributed by atoms with Gasteiger partial charge in [-0.2, -0.15) is 5.10 Å². The summed E-state index contributed by atoms with van der Waals surface area (Å²) < 4.78 is 0. The number of fused-ring (bicyclic) bond motifs is 2. The van der Waals surface area contributed by atoms with Crippen LogP contribution in [-0.4, -0.2) is 51.4 Å². The Kier molecular flexibility index (Phi) is 5.34. The van der Waals surface area contributed by atoms with E-state index in [0.717, 1.165) is 44.5 Å². The Hall–Kier alpha value is -4.70. The molecule has 6 heterocycles. The van der Waals surface area contributed by atoms with Crippen molar-refractivity contribution in [2.45, 2.75) is 20.1 Å². The van der Waals surface area contributed by atoms with Gasteiger partial charge in [-0.15, -0.1) is 0 Å². The molecule has 0 saturated heterocycles. The molecule has 0 aliphatic rings. The maximum Gasteiger partial charge on any atom is 0.159 e. The highest BCUT2D eigenvalue weighted by molar-refractivity contribution is 5.96. The molecule has 0 amide bonds. The van der Waals surface area contributed by atoms with Crippen molar-refractivity contribution in [2.75, 3.05) is 5.32 Å². The standard InChI is InChI=1S/C26H23N9O/c1-14(2)26(36)31-18-9-16(11-28-13-18)17-10-19-22(34-35-24(19)30-12-17)25-32-20-5-8-29-21(23(20)33-25)15-3-6-27-7-4-15/h3-14,26,31,36H,1-2H3,(H,32,33)(H,30,34,35). The second-order valence-corrected chi connectivity index (χ2v) is 8.86. The maximum atomic E-state index is 10.2. The number of nitrogens with zero attached hydrogens (tertiary/aromatic N) is 6. The number of H-pyrrole nitrogens is 2. The topological polar surface area (TPSA) is 141 Å². The van der Waals surface area contributed by atoms with Crippen molar-refractivity contribution in [2.24, 2.45) is 5.92 Å². The first kappa shape index (κ1) is 21.8. The molecule has 6 aromatic heterocycles. The summed E-state index contributed by atoms with van der Waals surface area (Å²) in [5, 5.41) is 21.6. The number of aromatic amines is 2. The monoisotopic (exact) mass is 477 g/mol. The van der Waals surface area contributed by atoms with Crippen molar-refractivity contribution >= 4 is 27.8 Å². The van der Waals surface area contributed by atoms with E-state index < -0.39 is 6.23 Å². The van der Waals surface area contributed by atoms with Crippen molar-refractivity contribution in [1.29, 1.82) is 0 Å². The third kappa shape index (κ3) is 3.93. The summed E-state index contributed by atoms with van der Waals surface area (Å²) in [5.41, 5.74) is 7.11. The average molecular weight is 478 g/mol. The van der Waals surface area contributed by atoms with Gasteiger partial charge >= 0.3 is 0 Å². The number of anilines is 1. The molecule has 6 aromatic rings. The van der Waals surface area contributed by atoms with Gasteiger partial charge in [-0.05, 0) is 36.2 Å². The zero-order valence-electron chi connectivity index (χ0n) is 19.6. The Bertz CT molecular complexity index is 1670. The summed E-state index contributed by atoms with van der Waals surface area (Å²) in [5.74, 6) is 0.686. The third-order valence-electron chi connectivity index (χ3n) is 6.01. The number of rotatable bonds is 6. The van der Waals surface area contributed by atoms with Crippen LogP contribution in [0.1, 0.15) is 13.8 Å². The SMILES string of the molecule is CC(C)C(O)Nc1cncc(-c2cnc3[nH]nc(-c4nc5c(-c6ccncc6)nccc5[nH]4)c3c2)c1. The van der Waals surface area contributed by atoms with Gasteiger partial charge in [0.2, 0.25) is 0 Å². The highest BCUT2D eigenvalue weighted by Crippen LogP contribution is 2.31. The molecule has 0 radical (unpaired) electrons. The zero-order valence-corrected chi connectivity index (χ0v) is 19.6. The van der Waals surface area contributed by atoms with E-state index in [0.29, 0.717) is 17.2 Å². The molecule has 1 atom stereocenters. The first-order valence-corrected chi connectivity index (χ1v) is 11.6. The Morgan fingerprint density at radius 1 is 0.861 bits per heavy atom. The van der Waals surface area contributed by atoms with Crippen LogP contribution in [0.2, 0.25) is 0 Å². The minimum absolute atomic E-state index is 0.0678. The largest absolute Gasteiger partial charge is 0.374 e. The highest BCUT2D eigenvalue weighted by Gasteiger charge is 2.17. The fourth-order valence-corrected chi connectivity index (χ4v) is 4.02. The van der Waals surface area contributed by atoms with Gasteiger partial charge in [0.05, 0.1) is 28.5 Å². The van der Waals surface area contributed by atoms with E-state index in [1.165, 1.54) is 0 Å². The van der Waals surface area contributed by atoms with Crippen LogP contribution in [0, 0.1) is 5.92 Å². The molecule has 0 fully saturated rings. The molecule has 0 spiro atoms. The number of hydrogen-bond acceptors (Lipinski definition) is 8. The lowest BCUT2D eigenvalue weighted by molar-refractivity contribution is 0.153. The number of aromatic nitrogens is 8. The Labute approximate surface area is 205 Å². The quantitative estimate of drug-likeness (QED) is 0.259. The Balaban J connectivity index is 1.41. The maximum absolute atomic E-state index is 10.2. The number of pyridine rings is 4. The Morgan fingerprint density at radius 3 is 2.53 bits per heavy atom. The number of aliphatic hydroxyl groups is 1. The van der Waals surface area contributed by atoms with Crippen LogP contribution >= 0.6 is 0 Å². The molecule has 4 N–H and O–H groups in total. The normalized spacial score (nSPS) is 12.4. The fourth-order valence-electron chi connectivity index (χ4n) is 4.02. The van der Waals surface area contributed by atoms with E-state index in [1.807, 2.05) is 44.2 Å². The summed E-state index contributed by atoms with van der Waals surface area (Å²) in [7, 11) is 0. The molecule has 0 saturated carbocycles. The predicted molar refractivity (Wildman–Crippen MR) is 138 cm³/mol. The van der Waals surface area contributed by atoms with E-state index in [4.69, 9.17) is 4.98 Å². The van der Waals surface area contributed by atoms with Crippen LogP contribution in [0.5, 0.6) is 0 Å². The van der Waals surface area contributed by atoms with Crippen molar-refractivity contribution in [3.05, 3.63) is 67.5 Å². The molecule has 0 aliphatic carbocycles. The van der Waals surface area contributed by atoms with Gasteiger partial charge in [0.15, 0.2) is 11.5 Å². The summed E-state index contributed by atoms with van der Waals surface area (Å²) in [4.78, 5) is 25.8. The van der Waals surface area contributed by atoms with Gasteiger partial charge in [0.1, 0.15) is 17.4 Å².